The standard InChI is InChI=1S/2C22H21N3O4S2/c2*1-15-7-5-9-17(13-15)30(26,27)21-19-11-3-4-12-20(19)23-22(21)24-25-31(28,29)18-10-6-8-16(2)14-18/h2*3-14,23-25H,1-2H3. The highest BCUT2D eigenvalue weighted by Gasteiger charge is 2.29. The van der Waals surface area contributed by atoms with Crippen LogP contribution in [0.3, 0.4) is 0 Å². The molecule has 14 nitrogen and oxygen atoms in total. The molecule has 2 aromatic heterocycles. The van der Waals surface area contributed by atoms with E-state index in [4.69, 9.17) is 0 Å². The number of hydrazine groups is 2. The van der Waals surface area contributed by atoms with Gasteiger partial charge in [0.05, 0.1) is 19.6 Å². The normalized spacial score (nSPS) is 12.2. The number of sulfonamides is 2. The van der Waals surface area contributed by atoms with Crippen LogP contribution in [0, 0.1) is 27.7 Å². The molecule has 18 heteroatoms. The third-order valence-electron chi connectivity index (χ3n) is 9.67. The molecule has 0 atom stereocenters. The first-order valence-corrected chi connectivity index (χ1v) is 24.8. The molecule has 2 heterocycles. The lowest BCUT2D eigenvalue weighted by atomic mass is 10.2. The molecule has 8 aromatic rings. The molecule has 0 fully saturated rings. The smallest absolute Gasteiger partial charge is 0.257 e. The van der Waals surface area contributed by atoms with Crippen molar-refractivity contribution in [2.75, 3.05) is 10.9 Å². The first-order valence-electron chi connectivity index (χ1n) is 18.9. The van der Waals surface area contributed by atoms with Gasteiger partial charge in [0.25, 0.3) is 20.0 Å². The van der Waals surface area contributed by atoms with Crippen molar-refractivity contribution >= 4 is 73.2 Å². The predicted molar refractivity (Wildman–Crippen MR) is 240 cm³/mol. The monoisotopic (exact) mass is 910 g/mol. The van der Waals surface area contributed by atoms with Gasteiger partial charge in [-0.2, -0.15) is 0 Å². The molecular formula is C44H42N6O8S4. The number of rotatable bonds is 12. The van der Waals surface area contributed by atoms with Crippen molar-refractivity contribution in [1.82, 2.24) is 19.6 Å². The lowest BCUT2D eigenvalue weighted by Gasteiger charge is -2.12. The maximum Gasteiger partial charge on any atom is 0.257 e. The SMILES string of the molecule is Cc1cccc(S(=O)(=O)NNc2[nH]c3ccccc3c2S(=O)(=O)c2cccc(C)c2)c1.Cc1cccc(S(=O)(=O)NNc2[nH]c3ccccc3c2S(=O)(=O)c2cccc(C)c2)c1. The number of aromatic amines is 2. The van der Waals surface area contributed by atoms with E-state index in [2.05, 4.69) is 30.5 Å². The molecule has 0 aliphatic heterocycles. The molecule has 8 rings (SSSR count). The molecule has 0 saturated carbocycles. The van der Waals surface area contributed by atoms with Gasteiger partial charge in [-0.1, -0.05) is 84.9 Å². The van der Waals surface area contributed by atoms with Gasteiger partial charge < -0.3 is 9.97 Å². The van der Waals surface area contributed by atoms with Gasteiger partial charge in [-0.15, -0.1) is 9.66 Å². The predicted octanol–water partition coefficient (Wildman–Crippen LogP) is 7.85. The van der Waals surface area contributed by atoms with Crippen molar-refractivity contribution in [1.29, 1.82) is 0 Å². The van der Waals surface area contributed by atoms with Crippen LogP contribution in [0.25, 0.3) is 21.8 Å². The second kappa shape index (κ2) is 17.2. The summed E-state index contributed by atoms with van der Waals surface area (Å²) in [6.07, 6.45) is 0. The number of nitrogens with one attached hydrogen (secondary N) is 6. The fourth-order valence-corrected chi connectivity index (χ4v) is 11.9. The van der Waals surface area contributed by atoms with Gasteiger partial charge in [0, 0.05) is 21.8 Å². The third-order valence-corrected chi connectivity index (χ3v) is 15.8. The number of anilines is 2. The number of aromatic nitrogens is 2. The number of benzene rings is 6. The molecule has 6 N–H and O–H groups in total. The Morgan fingerprint density at radius 3 is 1.02 bits per heavy atom. The largest absolute Gasteiger partial charge is 0.339 e. The minimum absolute atomic E-state index is 0.0272. The third kappa shape index (κ3) is 9.15. The van der Waals surface area contributed by atoms with Crippen molar-refractivity contribution in [2.24, 2.45) is 0 Å². The van der Waals surface area contributed by atoms with E-state index in [-0.39, 0.29) is 41.0 Å². The van der Waals surface area contributed by atoms with E-state index in [0.29, 0.717) is 21.8 Å². The quantitative estimate of drug-likeness (QED) is 0.0653. The summed E-state index contributed by atoms with van der Waals surface area (Å²) in [4.78, 5) is 10.8. The molecule has 0 unspecified atom stereocenters. The second-order valence-electron chi connectivity index (χ2n) is 14.5. The summed E-state index contributed by atoms with van der Waals surface area (Å²) in [5.41, 5.74) is 9.46. The van der Waals surface area contributed by atoms with Gasteiger partial charge in [0.2, 0.25) is 19.7 Å². The maximum atomic E-state index is 13.5. The first kappa shape index (κ1) is 43.8. The molecule has 0 aliphatic rings. The molecule has 320 valence electrons. The van der Waals surface area contributed by atoms with E-state index in [1.54, 1.807) is 111 Å². The Balaban J connectivity index is 0.000000186. The number of para-hydroxylation sites is 2. The zero-order valence-corrected chi connectivity index (χ0v) is 37.0. The average Bonchev–Trinajstić information content (AvgIpc) is 3.82. The maximum absolute atomic E-state index is 13.5. The van der Waals surface area contributed by atoms with Gasteiger partial charge in [-0.3, -0.25) is 10.9 Å². The first-order chi connectivity index (χ1) is 29.4. The highest BCUT2D eigenvalue weighted by Crippen LogP contribution is 2.36. The van der Waals surface area contributed by atoms with Crippen molar-refractivity contribution < 1.29 is 33.7 Å². The molecule has 0 radical (unpaired) electrons. The fraction of sp³-hybridized carbons (Fsp3) is 0.0909. The van der Waals surface area contributed by atoms with Crippen LogP contribution in [-0.2, 0) is 39.7 Å². The Morgan fingerprint density at radius 1 is 0.371 bits per heavy atom. The summed E-state index contributed by atoms with van der Waals surface area (Å²) in [5.74, 6) is 0.0814. The van der Waals surface area contributed by atoms with Crippen LogP contribution in [0.1, 0.15) is 22.3 Å². The van der Waals surface area contributed by atoms with Crippen molar-refractivity contribution in [3.63, 3.8) is 0 Å². The van der Waals surface area contributed by atoms with E-state index in [1.165, 1.54) is 36.4 Å². The van der Waals surface area contributed by atoms with Crippen LogP contribution in [-0.4, -0.2) is 43.6 Å². The van der Waals surface area contributed by atoms with Gasteiger partial charge in [0.1, 0.15) is 21.4 Å². The van der Waals surface area contributed by atoms with Crippen molar-refractivity contribution in [3.8, 4) is 0 Å². The average molecular weight is 911 g/mol. The van der Waals surface area contributed by atoms with E-state index in [9.17, 15) is 33.7 Å². The Labute approximate surface area is 360 Å². The van der Waals surface area contributed by atoms with Gasteiger partial charge >= 0.3 is 0 Å². The number of sulfone groups is 2. The Hall–Kier alpha value is -6.28. The summed E-state index contributed by atoms with van der Waals surface area (Å²) in [6.45, 7) is 7.19. The summed E-state index contributed by atoms with van der Waals surface area (Å²) in [5, 5.41) is 0.919. The molecular weight excluding hydrogens is 869 g/mol. The number of hydrogen-bond acceptors (Lipinski definition) is 10. The molecule has 0 saturated heterocycles. The number of H-pyrrole nitrogens is 2. The highest BCUT2D eigenvalue weighted by molar-refractivity contribution is 7.92. The van der Waals surface area contributed by atoms with Crippen LogP contribution in [0.2, 0.25) is 0 Å². The van der Waals surface area contributed by atoms with Crippen LogP contribution in [0.5, 0.6) is 0 Å². The lowest BCUT2D eigenvalue weighted by molar-refractivity contribution is 0.585. The minimum Gasteiger partial charge on any atom is -0.339 e. The Morgan fingerprint density at radius 2 is 0.677 bits per heavy atom. The van der Waals surface area contributed by atoms with E-state index < -0.39 is 39.7 Å². The van der Waals surface area contributed by atoms with E-state index >= 15 is 0 Å². The molecule has 0 spiro atoms. The van der Waals surface area contributed by atoms with Gasteiger partial charge in [-0.25, -0.2) is 33.7 Å². The van der Waals surface area contributed by atoms with Gasteiger partial charge in [0.15, 0.2) is 0 Å². The van der Waals surface area contributed by atoms with Gasteiger partial charge in [-0.05, 0) is 111 Å². The van der Waals surface area contributed by atoms with Crippen molar-refractivity contribution in [3.05, 3.63) is 168 Å². The molecule has 0 aliphatic carbocycles. The van der Waals surface area contributed by atoms with E-state index in [0.717, 1.165) is 22.3 Å². The number of hydrogen-bond donors (Lipinski definition) is 6. The molecule has 62 heavy (non-hydrogen) atoms. The summed E-state index contributed by atoms with van der Waals surface area (Å²) in [6, 6.07) is 39.8. The van der Waals surface area contributed by atoms with Crippen LogP contribution >= 0.6 is 0 Å². The van der Waals surface area contributed by atoms with Crippen LogP contribution in [0.4, 0.5) is 11.6 Å². The van der Waals surface area contributed by atoms with Crippen LogP contribution in [0.15, 0.2) is 175 Å². The zero-order chi connectivity index (χ0) is 44.5. The highest BCUT2D eigenvalue weighted by atomic mass is 32.2. The second-order valence-corrected chi connectivity index (χ2v) is 21.6. The Kier molecular flexibility index (Phi) is 12.2. The lowest BCUT2D eigenvalue weighted by Crippen LogP contribution is -2.30. The number of aryl methyl sites for hydroxylation is 4. The molecule has 6 aromatic carbocycles. The number of fused-ring (bicyclic) bond motifs is 2. The molecule has 0 amide bonds. The summed E-state index contributed by atoms with van der Waals surface area (Å²) in [7, 11) is -15.7. The van der Waals surface area contributed by atoms with Crippen LogP contribution < -0.4 is 20.5 Å². The topological polar surface area (TPSA) is 216 Å². The minimum atomic E-state index is -3.94. The van der Waals surface area contributed by atoms with Crippen molar-refractivity contribution in [2.45, 2.75) is 57.1 Å². The summed E-state index contributed by atoms with van der Waals surface area (Å²) >= 11 is 0. The summed E-state index contributed by atoms with van der Waals surface area (Å²) < 4.78 is 105. The fourth-order valence-electron chi connectivity index (χ4n) is 6.69. The molecule has 0 bridgehead atoms. The Bertz CT molecular complexity index is 3210. The zero-order valence-electron chi connectivity index (χ0n) is 33.8. The van der Waals surface area contributed by atoms with E-state index in [1.807, 2.05) is 26.0 Å².